The lowest BCUT2D eigenvalue weighted by Crippen LogP contribution is -2.17. The van der Waals surface area contributed by atoms with Crippen molar-refractivity contribution in [2.45, 2.75) is 92.9 Å². The van der Waals surface area contributed by atoms with Gasteiger partial charge in [0.05, 0.1) is 11.4 Å². The fourth-order valence-electron chi connectivity index (χ4n) is 8.13. The van der Waals surface area contributed by atoms with Crippen molar-refractivity contribution in [2.24, 2.45) is 0 Å². The molecule has 1 aliphatic rings. The summed E-state index contributed by atoms with van der Waals surface area (Å²) in [6.07, 6.45) is 1.98. The monoisotopic (exact) mass is 838 g/mol. The predicted octanol–water partition coefficient (Wildman–Crippen LogP) is 15.7. The van der Waals surface area contributed by atoms with Crippen molar-refractivity contribution in [3.05, 3.63) is 163 Å². The maximum Gasteiger partial charge on any atom is 0.0520 e. The fourth-order valence-corrected chi connectivity index (χ4v) is 8.65. The van der Waals surface area contributed by atoms with Crippen molar-refractivity contribution in [3.8, 4) is 11.1 Å². The van der Waals surface area contributed by atoms with Gasteiger partial charge < -0.3 is 9.80 Å². The molecule has 54 heavy (non-hydrogen) atoms. The molecule has 0 heterocycles. The average Bonchev–Trinajstić information content (AvgIpc) is 3.11. The van der Waals surface area contributed by atoms with Crippen LogP contribution in [0.5, 0.6) is 0 Å². The number of benzene rings is 6. The summed E-state index contributed by atoms with van der Waals surface area (Å²) in [5.74, 6) is 0. The second-order valence-electron chi connectivity index (χ2n) is 17.2. The van der Waals surface area contributed by atoms with E-state index in [-0.39, 0.29) is 10.8 Å². The molecule has 0 bridgehead atoms. The number of nitrogens with zero attached hydrogens (tertiary/aromatic N) is 2. The SMILES string of the molecule is Cc1cc(C(C)(C)C)cc(C)c1N(c1ccc(Br)cc1)c1ccc2c(c1)CCc1cc(N(c3ccc(Br)cc3)c3c(C)cc(C(C)(C)C)cc3C)ccc1-2. The number of rotatable bonds is 6. The Morgan fingerprint density at radius 1 is 0.407 bits per heavy atom. The summed E-state index contributed by atoms with van der Waals surface area (Å²) in [6, 6.07) is 41.1. The van der Waals surface area contributed by atoms with E-state index in [0.717, 1.165) is 33.2 Å². The van der Waals surface area contributed by atoms with E-state index in [9.17, 15) is 0 Å². The normalized spacial score (nSPS) is 12.7. The summed E-state index contributed by atoms with van der Waals surface area (Å²) < 4.78 is 2.16. The van der Waals surface area contributed by atoms with Crippen molar-refractivity contribution in [1.82, 2.24) is 0 Å². The predicted molar refractivity (Wildman–Crippen MR) is 240 cm³/mol. The van der Waals surface area contributed by atoms with E-state index in [1.807, 2.05) is 0 Å². The van der Waals surface area contributed by atoms with Crippen LogP contribution in [0.25, 0.3) is 11.1 Å². The first-order chi connectivity index (χ1) is 25.5. The molecule has 0 N–H and O–H groups in total. The van der Waals surface area contributed by atoms with Gasteiger partial charge in [0.15, 0.2) is 0 Å². The van der Waals surface area contributed by atoms with Gasteiger partial charge in [0.1, 0.15) is 0 Å². The van der Waals surface area contributed by atoms with Crippen molar-refractivity contribution < 1.29 is 0 Å². The molecule has 0 unspecified atom stereocenters. The Hall–Kier alpha value is -4.12. The maximum absolute atomic E-state index is 3.67. The number of halogens is 2. The highest BCUT2D eigenvalue weighted by Crippen LogP contribution is 2.46. The molecular weight excluding hydrogens is 788 g/mol. The first-order valence-corrected chi connectivity index (χ1v) is 20.7. The fraction of sp³-hybridized carbons (Fsp3) is 0.280. The van der Waals surface area contributed by atoms with E-state index in [2.05, 4.69) is 220 Å². The number of fused-ring (bicyclic) bond motifs is 3. The average molecular weight is 841 g/mol. The lowest BCUT2D eigenvalue weighted by atomic mass is 9.83. The van der Waals surface area contributed by atoms with E-state index in [0.29, 0.717) is 0 Å². The Morgan fingerprint density at radius 2 is 0.704 bits per heavy atom. The lowest BCUT2D eigenvalue weighted by molar-refractivity contribution is 0.589. The summed E-state index contributed by atoms with van der Waals surface area (Å²) in [7, 11) is 0. The van der Waals surface area contributed by atoms with Crippen LogP contribution in [-0.2, 0) is 23.7 Å². The van der Waals surface area contributed by atoms with E-state index < -0.39 is 0 Å². The Labute approximate surface area is 340 Å². The van der Waals surface area contributed by atoms with E-state index >= 15 is 0 Å². The van der Waals surface area contributed by atoms with Gasteiger partial charge in [0.25, 0.3) is 0 Å². The van der Waals surface area contributed by atoms with Crippen molar-refractivity contribution in [3.63, 3.8) is 0 Å². The molecule has 0 radical (unpaired) electrons. The second kappa shape index (κ2) is 14.5. The minimum atomic E-state index is 0.0827. The molecular formula is C50H52Br2N2. The third-order valence-corrected chi connectivity index (χ3v) is 12.0. The highest BCUT2D eigenvalue weighted by atomic mass is 79.9. The number of hydrogen-bond donors (Lipinski definition) is 0. The standard InChI is InChI=1S/C50H52Br2N2/c1-31-25-37(49(5,6)7)26-32(2)47(31)53(41-17-13-39(51)14-18-41)43-21-23-45-35(29-43)11-12-36-30-44(22-24-46(36)45)54(42-19-15-40(52)16-20-42)48-33(3)27-38(28-34(48)4)50(8,9)10/h13-30H,11-12H2,1-10H3. The third-order valence-electron chi connectivity index (χ3n) is 11.0. The molecule has 0 aromatic heterocycles. The van der Waals surface area contributed by atoms with Crippen LogP contribution in [0.4, 0.5) is 34.1 Å². The summed E-state index contributed by atoms with van der Waals surface area (Å²) in [5.41, 5.74) is 20.7. The highest BCUT2D eigenvalue weighted by Gasteiger charge is 2.26. The largest absolute Gasteiger partial charge is 0.310 e. The van der Waals surface area contributed by atoms with Crippen molar-refractivity contribution in [2.75, 3.05) is 9.80 Å². The topological polar surface area (TPSA) is 6.48 Å². The molecule has 0 aliphatic heterocycles. The number of aryl methyl sites for hydroxylation is 6. The molecule has 7 rings (SSSR count). The zero-order chi connectivity index (χ0) is 38.7. The quantitative estimate of drug-likeness (QED) is 0.165. The molecule has 6 aromatic carbocycles. The first kappa shape index (κ1) is 38.2. The van der Waals surface area contributed by atoms with E-state index in [1.54, 1.807) is 0 Å². The van der Waals surface area contributed by atoms with Crippen LogP contribution >= 0.6 is 31.9 Å². The second-order valence-corrected chi connectivity index (χ2v) is 19.1. The van der Waals surface area contributed by atoms with Crippen LogP contribution in [0, 0.1) is 27.7 Å². The van der Waals surface area contributed by atoms with Gasteiger partial charge in [0.2, 0.25) is 0 Å². The molecule has 0 saturated heterocycles. The minimum absolute atomic E-state index is 0.0827. The summed E-state index contributed by atoms with van der Waals surface area (Å²) >= 11 is 7.34. The minimum Gasteiger partial charge on any atom is -0.310 e. The van der Waals surface area contributed by atoms with Crippen molar-refractivity contribution >= 4 is 66.0 Å². The molecule has 0 atom stereocenters. The third kappa shape index (κ3) is 7.45. The van der Waals surface area contributed by atoms with Crippen LogP contribution in [0.2, 0.25) is 0 Å². The Balaban J connectivity index is 1.32. The number of hydrogen-bond acceptors (Lipinski definition) is 2. The van der Waals surface area contributed by atoms with Gasteiger partial charge in [-0.05, 0) is 180 Å². The van der Waals surface area contributed by atoms with Gasteiger partial charge >= 0.3 is 0 Å². The molecule has 0 saturated carbocycles. The number of anilines is 6. The summed E-state index contributed by atoms with van der Waals surface area (Å²) in [4.78, 5) is 4.91. The molecule has 276 valence electrons. The highest BCUT2D eigenvalue weighted by molar-refractivity contribution is 9.10. The van der Waals surface area contributed by atoms with Crippen LogP contribution in [0.15, 0.2) is 118 Å². The molecule has 6 aromatic rings. The van der Waals surface area contributed by atoms with Crippen LogP contribution in [0.3, 0.4) is 0 Å². The summed E-state index contributed by atoms with van der Waals surface area (Å²) in [6.45, 7) is 22.8. The van der Waals surface area contributed by atoms with Crippen LogP contribution in [0.1, 0.15) is 86.1 Å². The molecule has 0 amide bonds. The van der Waals surface area contributed by atoms with Gasteiger partial charge in [-0.1, -0.05) is 110 Å². The zero-order valence-corrected chi connectivity index (χ0v) is 36.6. The van der Waals surface area contributed by atoms with Gasteiger partial charge in [-0.25, -0.2) is 0 Å². The van der Waals surface area contributed by atoms with Gasteiger partial charge in [-0.3, -0.25) is 0 Å². The Kier molecular flexibility index (Phi) is 10.3. The zero-order valence-electron chi connectivity index (χ0n) is 33.5. The van der Waals surface area contributed by atoms with Crippen molar-refractivity contribution in [1.29, 1.82) is 0 Å². The van der Waals surface area contributed by atoms with Crippen LogP contribution < -0.4 is 9.80 Å². The smallest absolute Gasteiger partial charge is 0.0520 e. The van der Waals surface area contributed by atoms with E-state index in [1.165, 1.54) is 78.4 Å². The molecule has 4 heteroatoms. The Bertz CT molecular complexity index is 2140. The molecule has 2 nitrogen and oxygen atoms in total. The maximum atomic E-state index is 3.67. The molecule has 1 aliphatic carbocycles. The molecule has 0 fully saturated rings. The molecule has 0 spiro atoms. The Morgan fingerprint density at radius 3 is 1.00 bits per heavy atom. The van der Waals surface area contributed by atoms with Crippen LogP contribution in [-0.4, -0.2) is 0 Å². The van der Waals surface area contributed by atoms with Gasteiger partial charge in [-0.15, -0.1) is 0 Å². The van der Waals surface area contributed by atoms with E-state index in [4.69, 9.17) is 0 Å². The van der Waals surface area contributed by atoms with Gasteiger partial charge in [-0.2, -0.15) is 0 Å². The first-order valence-electron chi connectivity index (χ1n) is 19.1. The lowest BCUT2D eigenvalue weighted by Gasteiger charge is -2.33. The summed E-state index contributed by atoms with van der Waals surface area (Å²) in [5, 5.41) is 0. The van der Waals surface area contributed by atoms with Gasteiger partial charge in [0, 0.05) is 31.7 Å².